The van der Waals surface area contributed by atoms with Gasteiger partial charge in [-0.25, -0.2) is 13.2 Å². The van der Waals surface area contributed by atoms with E-state index < -0.39 is 27.9 Å². The number of benzene rings is 3. The molecule has 0 aromatic heterocycles. The molecule has 0 bridgehead atoms. The number of amides is 3. The highest BCUT2D eigenvalue weighted by atomic mass is 35.5. The van der Waals surface area contributed by atoms with Gasteiger partial charge in [-0.05, 0) is 62.2 Å². The van der Waals surface area contributed by atoms with Crippen molar-refractivity contribution in [2.24, 2.45) is 0 Å². The van der Waals surface area contributed by atoms with Crippen molar-refractivity contribution < 1.29 is 22.7 Å². The Hall–Kier alpha value is -4.78. The quantitative estimate of drug-likeness (QED) is 0.167. The monoisotopic (exact) mass is 594 g/mol. The zero-order chi connectivity index (χ0) is 30.3. The summed E-state index contributed by atoms with van der Waals surface area (Å²) in [6.07, 6.45) is 0.580. The van der Waals surface area contributed by atoms with Crippen molar-refractivity contribution in [3.63, 3.8) is 0 Å². The van der Waals surface area contributed by atoms with E-state index in [4.69, 9.17) is 29.5 Å². The van der Waals surface area contributed by atoms with Crippen LogP contribution in [-0.2, 0) is 14.6 Å². The third kappa shape index (κ3) is 7.88. The molecule has 1 atom stereocenters. The maximum atomic E-state index is 12.9. The molecule has 11 nitrogen and oxygen atoms in total. The molecule has 0 aliphatic carbocycles. The number of nitrogens with one attached hydrogen (secondary N) is 4. The van der Waals surface area contributed by atoms with Crippen LogP contribution in [-0.4, -0.2) is 32.7 Å². The minimum atomic E-state index is -3.81. The summed E-state index contributed by atoms with van der Waals surface area (Å²) in [5, 5.41) is 5.45. The number of hydrazine groups is 1. The zero-order valence-corrected chi connectivity index (χ0v) is 24.2. The second kappa shape index (κ2) is 13.0. The minimum Gasteiger partial charge on any atom is -0.480 e. The Morgan fingerprint density at radius 1 is 0.976 bits per heavy atom. The summed E-state index contributed by atoms with van der Waals surface area (Å²) in [4.78, 5) is 31.7. The summed E-state index contributed by atoms with van der Waals surface area (Å²) in [5.74, 6) is 0.213. The van der Waals surface area contributed by atoms with Crippen LogP contribution in [0.1, 0.15) is 24.5 Å². The summed E-state index contributed by atoms with van der Waals surface area (Å²) in [6.45, 7) is 20.1. The molecular formula is C28H27ClN6O5S. The lowest BCUT2D eigenvalue weighted by Crippen LogP contribution is -2.34. The molecule has 41 heavy (non-hydrogen) atoms. The van der Waals surface area contributed by atoms with Gasteiger partial charge in [-0.3, -0.25) is 25.3 Å². The fourth-order valence-electron chi connectivity index (χ4n) is 3.75. The molecular weight excluding hydrogens is 568 g/mol. The lowest BCUT2D eigenvalue weighted by atomic mass is 10.1. The Kier molecular flexibility index (Phi) is 9.79. The Balaban J connectivity index is 1.72. The molecule has 212 valence electrons. The Morgan fingerprint density at radius 3 is 2.27 bits per heavy atom. The Morgan fingerprint density at radius 2 is 1.66 bits per heavy atom. The van der Waals surface area contributed by atoms with Gasteiger partial charge >= 0.3 is 6.03 Å². The van der Waals surface area contributed by atoms with Gasteiger partial charge in [-0.15, -0.1) is 0 Å². The SMILES string of the molecule is [C-]#[N+]c1cc(NNC(=O)Nc2cc(NC(=O)C(CC)Oc3ccc(C)cc3C)ccc2Cl)c(S(C)(=O)=O)cc1[N+]#[C-]. The molecule has 0 spiro atoms. The van der Waals surface area contributed by atoms with Crippen LogP contribution in [0.3, 0.4) is 0 Å². The summed E-state index contributed by atoms with van der Waals surface area (Å²) in [6, 6.07) is 11.6. The van der Waals surface area contributed by atoms with Gasteiger partial charge in [0.1, 0.15) is 5.75 Å². The van der Waals surface area contributed by atoms with Crippen molar-refractivity contribution >= 4 is 61.8 Å². The third-order valence-corrected chi connectivity index (χ3v) is 7.24. The molecule has 13 heteroatoms. The molecule has 0 fully saturated rings. The molecule has 0 radical (unpaired) electrons. The number of sulfone groups is 1. The van der Waals surface area contributed by atoms with E-state index in [-0.39, 0.29) is 32.7 Å². The number of carbonyl (C=O) groups is 2. The van der Waals surface area contributed by atoms with Gasteiger partial charge in [-0.2, -0.15) is 0 Å². The zero-order valence-electron chi connectivity index (χ0n) is 22.6. The van der Waals surface area contributed by atoms with Crippen LogP contribution in [0.4, 0.5) is 33.2 Å². The van der Waals surface area contributed by atoms with Crippen LogP contribution in [0.15, 0.2) is 53.4 Å². The Labute approximate surface area is 243 Å². The van der Waals surface area contributed by atoms with E-state index in [2.05, 4.69) is 31.2 Å². The first-order chi connectivity index (χ1) is 19.4. The molecule has 0 saturated carbocycles. The molecule has 3 aromatic rings. The van der Waals surface area contributed by atoms with Crippen molar-refractivity contribution in [3.05, 3.63) is 87.5 Å². The van der Waals surface area contributed by atoms with Gasteiger partial charge in [0.2, 0.25) is 0 Å². The highest BCUT2D eigenvalue weighted by Crippen LogP contribution is 2.36. The van der Waals surface area contributed by atoms with Gasteiger partial charge in [0, 0.05) is 11.9 Å². The molecule has 3 aromatic carbocycles. The maximum absolute atomic E-state index is 12.9. The van der Waals surface area contributed by atoms with E-state index in [1.54, 1.807) is 6.07 Å². The van der Waals surface area contributed by atoms with E-state index in [9.17, 15) is 18.0 Å². The number of rotatable bonds is 9. The molecule has 3 amide bonds. The summed E-state index contributed by atoms with van der Waals surface area (Å²) < 4.78 is 30.4. The van der Waals surface area contributed by atoms with Gasteiger partial charge in [-0.1, -0.05) is 36.2 Å². The number of anilines is 3. The molecule has 0 aliphatic rings. The topological polar surface area (TPSA) is 134 Å². The number of ether oxygens (including phenoxy) is 1. The van der Waals surface area contributed by atoms with E-state index >= 15 is 0 Å². The summed E-state index contributed by atoms with van der Waals surface area (Å²) >= 11 is 6.24. The molecule has 0 saturated heterocycles. The summed E-state index contributed by atoms with van der Waals surface area (Å²) in [5.41, 5.74) is 6.93. The number of carbonyl (C=O) groups excluding carboxylic acids is 2. The summed E-state index contributed by atoms with van der Waals surface area (Å²) in [7, 11) is -3.81. The highest BCUT2D eigenvalue weighted by molar-refractivity contribution is 7.90. The lowest BCUT2D eigenvalue weighted by Gasteiger charge is -2.19. The molecule has 0 heterocycles. The maximum Gasteiger partial charge on any atom is 0.337 e. The van der Waals surface area contributed by atoms with Crippen molar-refractivity contribution in [2.45, 2.75) is 38.2 Å². The fraction of sp³-hybridized carbons (Fsp3) is 0.214. The van der Waals surface area contributed by atoms with Crippen LogP contribution in [0, 0.1) is 27.0 Å². The van der Waals surface area contributed by atoms with Crippen LogP contribution in [0.25, 0.3) is 9.69 Å². The third-order valence-electron chi connectivity index (χ3n) is 5.77. The second-order valence-electron chi connectivity index (χ2n) is 9.00. The molecule has 0 aliphatic heterocycles. The molecule has 1 unspecified atom stereocenters. The standard InChI is InChI=1S/C28H27ClN6O5S/c1-7-24(40-25-11-8-16(2)12-17(25)3)27(36)32-18-9-10-19(29)20(13-18)33-28(37)35-34-23-14-21(30-4)22(31-5)15-26(23)41(6,38)39/h8-15,24,34H,7H2,1-3,6H3,(H,32,36)(H2,33,35,37). The van der Waals surface area contributed by atoms with Crippen LogP contribution in [0.5, 0.6) is 5.75 Å². The Bertz CT molecular complexity index is 1700. The normalized spacial score (nSPS) is 11.4. The van der Waals surface area contributed by atoms with E-state index in [1.165, 1.54) is 12.1 Å². The number of halogens is 1. The van der Waals surface area contributed by atoms with E-state index in [1.807, 2.05) is 39.0 Å². The predicted octanol–water partition coefficient (Wildman–Crippen LogP) is 6.41. The number of urea groups is 1. The number of hydrogen-bond donors (Lipinski definition) is 4. The predicted molar refractivity (Wildman–Crippen MR) is 159 cm³/mol. The first-order valence-electron chi connectivity index (χ1n) is 12.2. The van der Waals surface area contributed by atoms with Crippen molar-refractivity contribution in [1.29, 1.82) is 0 Å². The van der Waals surface area contributed by atoms with Crippen molar-refractivity contribution in [2.75, 3.05) is 22.3 Å². The van der Waals surface area contributed by atoms with E-state index in [0.717, 1.165) is 29.5 Å². The number of aryl methyl sites for hydroxylation is 2. The number of nitrogens with zero attached hydrogens (tertiary/aromatic N) is 2. The first-order valence-corrected chi connectivity index (χ1v) is 14.4. The van der Waals surface area contributed by atoms with Crippen molar-refractivity contribution in [1.82, 2.24) is 5.43 Å². The first kappa shape index (κ1) is 30.8. The smallest absolute Gasteiger partial charge is 0.337 e. The minimum absolute atomic E-state index is 0.0875. The number of hydrogen-bond acceptors (Lipinski definition) is 6. The fourth-order valence-corrected chi connectivity index (χ4v) is 4.75. The van der Waals surface area contributed by atoms with Gasteiger partial charge in [0.05, 0.1) is 34.4 Å². The molecule has 3 rings (SSSR count). The average molecular weight is 595 g/mol. The molecule has 4 N–H and O–H groups in total. The van der Waals surface area contributed by atoms with Crippen LogP contribution in [0.2, 0.25) is 5.02 Å². The van der Waals surface area contributed by atoms with E-state index in [0.29, 0.717) is 17.9 Å². The van der Waals surface area contributed by atoms with Crippen LogP contribution >= 0.6 is 11.6 Å². The van der Waals surface area contributed by atoms with Crippen LogP contribution < -0.4 is 26.2 Å². The highest BCUT2D eigenvalue weighted by Gasteiger charge is 2.21. The van der Waals surface area contributed by atoms with Gasteiger partial charge in [0.25, 0.3) is 5.91 Å². The van der Waals surface area contributed by atoms with Crippen molar-refractivity contribution in [3.8, 4) is 5.75 Å². The van der Waals surface area contributed by atoms with Gasteiger partial charge < -0.3 is 15.4 Å². The second-order valence-corrected chi connectivity index (χ2v) is 11.4. The van der Waals surface area contributed by atoms with Gasteiger partial charge in [0.15, 0.2) is 27.3 Å². The lowest BCUT2D eigenvalue weighted by molar-refractivity contribution is -0.122. The largest absolute Gasteiger partial charge is 0.480 e. The average Bonchev–Trinajstić information content (AvgIpc) is 2.92.